The second-order valence-corrected chi connectivity index (χ2v) is 8.49. The minimum atomic E-state index is 0.0111. The molecular formula is C21H25NO. The van der Waals surface area contributed by atoms with Crippen LogP contribution in [0.2, 0.25) is 0 Å². The summed E-state index contributed by atoms with van der Waals surface area (Å²) in [4.78, 5) is 15.0. The standard InChI is InChI=1S/C21H25NO/c1-20(2,3)14-7-8-18-16(10-14)17-11-15(21(4,5)6)9-13(12-23)19(17)22-18/h7-12,22H,1-6H3. The van der Waals surface area contributed by atoms with Crippen molar-refractivity contribution in [1.82, 2.24) is 4.98 Å². The Balaban J connectivity index is 2.41. The second-order valence-electron chi connectivity index (χ2n) is 8.49. The average Bonchev–Trinajstić information content (AvgIpc) is 2.82. The van der Waals surface area contributed by atoms with Crippen LogP contribution in [0.1, 0.15) is 63.0 Å². The molecule has 0 bridgehead atoms. The second kappa shape index (κ2) is 4.95. The number of carbonyl (C=O) groups is 1. The van der Waals surface area contributed by atoms with Gasteiger partial charge in [0.1, 0.15) is 0 Å². The molecule has 0 radical (unpaired) electrons. The Hall–Kier alpha value is -2.09. The van der Waals surface area contributed by atoms with Crippen LogP contribution >= 0.6 is 0 Å². The minimum Gasteiger partial charge on any atom is -0.354 e. The third-order valence-corrected chi connectivity index (χ3v) is 4.60. The molecule has 2 nitrogen and oxygen atoms in total. The lowest BCUT2D eigenvalue weighted by Gasteiger charge is -2.20. The molecule has 2 heteroatoms. The van der Waals surface area contributed by atoms with Crippen LogP contribution in [0.25, 0.3) is 21.8 Å². The van der Waals surface area contributed by atoms with Crippen LogP contribution in [0.5, 0.6) is 0 Å². The molecule has 0 aliphatic rings. The number of hydrogen-bond donors (Lipinski definition) is 1. The van der Waals surface area contributed by atoms with E-state index < -0.39 is 0 Å². The lowest BCUT2D eigenvalue weighted by atomic mass is 9.84. The molecule has 1 aromatic heterocycles. The average molecular weight is 307 g/mol. The summed E-state index contributed by atoms with van der Waals surface area (Å²) in [6.45, 7) is 13.2. The summed E-state index contributed by atoms with van der Waals surface area (Å²) in [6, 6.07) is 10.8. The van der Waals surface area contributed by atoms with E-state index in [1.807, 2.05) is 6.07 Å². The molecule has 23 heavy (non-hydrogen) atoms. The van der Waals surface area contributed by atoms with Gasteiger partial charge in [-0.15, -0.1) is 0 Å². The number of H-pyrrole nitrogens is 1. The van der Waals surface area contributed by atoms with E-state index in [0.29, 0.717) is 0 Å². The molecule has 120 valence electrons. The zero-order valence-corrected chi connectivity index (χ0v) is 14.9. The van der Waals surface area contributed by atoms with Gasteiger partial charge in [-0.3, -0.25) is 4.79 Å². The van der Waals surface area contributed by atoms with Gasteiger partial charge in [0.2, 0.25) is 0 Å². The molecular weight excluding hydrogens is 282 g/mol. The number of aldehydes is 1. The lowest BCUT2D eigenvalue weighted by molar-refractivity contribution is 0.112. The predicted octanol–water partition coefficient (Wildman–Crippen LogP) is 5.73. The Kier molecular flexibility index (Phi) is 3.40. The molecule has 3 rings (SSSR count). The highest BCUT2D eigenvalue weighted by molar-refractivity contribution is 6.12. The molecule has 2 aromatic carbocycles. The maximum Gasteiger partial charge on any atom is 0.152 e. The van der Waals surface area contributed by atoms with E-state index in [1.54, 1.807) is 0 Å². The van der Waals surface area contributed by atoms with Crippen molar-refractivity contribution in [1.29, 1.82) is 0 Å². The van der Waals surface area contributed by atoms with E-state index in [1.165, 1.54) is 16.5 Å². The zero-order chi connectivity index (χ0) is 17.0. The Labute approximate surface area is 137 Å². The Morgan fingerprint density at radius 2 is 1.43 bits per heavy atom. The molecule has 0 fully saturated rings. The lowest BCUT2D eigenvalue weighted by Crippen LogP contribution is -2.11. The van der Waals surface area contributed by atoms with Crippen LogP contribution in [0.4, 0.5) is 0 Å². The van der Waals surface area contributed by atoms with Gasteiger partial charge in [0.05, 0.1) is 5.52 Å². The number of rotatable bonds is 1. The van der Waals surface area contributed by atoms with Gasteiger partial charge in [-0.1, -0.05) is 47.6 Å². The molecule has 0 amide bonds. The van der Waals surface area contributed by atoms with Gasteiger partial charge in [-0.05, 0) is 46.2 Å². The molecule has 0 aliphatic carbocycles. The zero-order valence-electron chi connectivity index (χ0n) is 14.9. The summed E-state index contributed by atoms with van der Waals surface area (Å²) in [5, 5.41) is 2.34. The SMILES string of the molecule is CC(C)(C)c1ccc2[nH]c3c(C=O)cc(C(C)(C)C)cc3c2c1. The van der Waals surface area contributed by atoms with Crippen molar-refractivity contribution in [2.75, 3.05) is 0 Å². The first-order valence-corrected chi connectivity index (χ1v) is 8.17. The van der Waals surface area contributed by atoms with Crippen molar-refractivity contribution in [2.24, 2.45) is 0 Å². The van der Waals surface area contributed by atoms with Crippen molar-refractivity contribution in [2.45, 2.75) is 52.4 Å². The highest BCUT2D eigenvalue weighted by Crippen LogP contribution is 2.35. The van der Waals surface area contributed by atoms with Crippen molar-refractivity contribution in [3.63, 3.8) is 0 Å². The van der Waals surface area contributed by atoms with Crippen LogP contribution < -0.4 is 0 Å². The first-order chi connectivity index (χ1) is 10.6. The fourth-order valence-electron chi connectivity index (χ4n) is 3.02. The molecule has 0 unspecified atom stereocenters. The molecule has 0 aliphatic heterocycles. The minimum absolute atomic E-state index is 0.0111. The largest absolute Gasteiger partial charge is 0.354 e. The van der Waals surface area contributed by atoms with Gasteiger partial charge in [-0.2, -0.15) is 0 Å². The van der Waals surface area contributed by atoms with Gasteiger partial charge in [0, 0.05) is 21.9 Å². The molecule has 0 saturated carbocycles. The van der Waals surface area contributed by atoms with E-state index >= 15 is 0 Å². The molecule has 0 atom stereocenters. The quantitative estimate of drug-likeness (QED) is 0.572. The summed E-state index contributed by atoms with van der Waals surface area (Å²) < 4.78 is 0. The number of aromatic amines is 1. The third-order valence-electron chi connectivity index (χ3n) is 4.60. The van der Waals surface area contributed by atoms with Crippen LogP contribution in [0.15, 0.2) is 30.3 Å². The summed E-state index contributed by atoms with van der Waals surface area (Å²) in [5.74, 6) is 0. The Bertz CT molecular complexity index is 901. The monoisotopic (exact) mass is 307 g/mol. The van der Waals surface area contributed by atoms with Crippen LogP contribution in [-0.2, 0) is 10.8 Å². The van der Waals surface area contributed by atoms with E-state index in [9.17, 15) is 4.79 Å². The number of nitrogens with one attached hydrogen (secondary N) is 1. The van der Waals surface area contributed by atoms with Gasteiger partial charge in [-0.25, -0.2) is 0 Å². The number of carbonyl (C=O) groups excluding carboxylic acids is 1. The molecule has 3 aromatic rings. The fraction of sp³-hybridized carbons (Fsp3) is 0.381. The first-order valence-electron chi connectivity index (χ1n) is 8.17. The summed E-state index contributed by atoms with van der Waals surface area (Å²) in [5.41, 5.74) is 5.37. The molecule has 0 saturated heterocycles. The van der Waals surface area contributed by atoms with E-state index in [-0.39, 0.29) is 10.8 Å². The van der Waals surface area contributed by atoms with Crippen molar-refractivity contribution in [3.8, 4) is 0 Å². The highest BCUT2D eigenvalue weighted by Gasteiger charge is 2.19. The smallest absolute Gasteiger partial charge is 0.152 e. The topological polar surface area (TPSA) is 32.9 Å². The molecule has 1 N–H and O–H groups in total. The van der Waals surface area contributed by atoms with Crippen molar-refractivity contribution >= 4 is 28.1 Å². The Morgan fingerprint density at radius 3 is 2.00 bits per heavy atom. The number of hydrogen-bond acceptors (Lipinski definition) is 1. The number of fused-ring (bicyclic) bond motifs is 3. The number of aromatic nitrogens is 1. The summed E-state index contributed by atoms with van der Waals surface area (Å²) in [6.07, 6.45) is 0.956. The Morgan fingerprint density at radius 1 is 0.826 bits per heavy atom. The van der Waals surface area contributed by atoms with E-state index in [2.05, 4.69) is 70.8 Å². The van der Waals surface area contributed by atoms with Gasteiger partial charge >= 0.3 is 0 Å². The van der Waals surface area contributed by atoms with Gasteiger partial charge in [0.15, 0.2) is 6.29 Å². The summed E-state index contributed by atoms with van der Waals surface area (Å²) in [7, 11) is 0. The van der Waals surface area contributed by atoms with E-state index in [0.717, 1.165) is 28.3 Å². The number of benzene rings is 2. The van der Waals surface area contributed by atoms with Gasteiger partial charge in [0.25, 0.3) is 0 Å². The first kappa shape index (κ1) is 15.8. The van der Waals surface area contributed by atoms with Crippen molar-refractivity contribution in [3.05, 3.63) is 47.0 Å². The molecule has 1 heterocycles. The highest BCUT2D eigenvalue weighted by atomic mass is 16.1. The van der Waals surface area contributed by atoms with Crippen LogP contribution in [0.3, 0.4) is 0 Å². The maximum atomic E-state index is 11.6. The van der Waals surface area contributed by atoms with Gasteiger partial charge < -0.3 is 4.98 Å². The normalized spacial score (nSPS) is 13.0. The van der Waals surface area contributed by atoms with Crippen molar-refractivity contribution < 1.29 is 4.79 Å². The van der Waals surface area contributed by atoms with Crippen LogP contribution in [-0.4, -0.2) is 11.3 Å². The van der Waals surface area contributed by atoms with Crippen LogP contribution in [0, 0.1) is 0 Å². The fourth-order valence-corrected chi connectivity index (χ4v) is 3.02. The van der Waals surface area contributed by atoms with E-state index in [4.69, 9.17) is 0 Å². The third kappa shape index (κ3) is 2.67. The molecule has 0 spiro atoms. The maximum absolute atomic E-state index is 11.6. The predicted molar refractivity (Wildman–Crippen MR) is 98.6 cm³/mol. The summed E-state index contributed by atoms with van der Waals surface area (Å²) >= 11 is 0.